The molecular weight excluding hydrogens is 326 g/mol. The van der Waals surface area contributed by atoms with Gasteiger partial charge < -0.3 is 10.4 Å². The normalized spacial score (nSPS) is 10.2. The summed E-state index contributed by atoms with van der Waals surface area (Å²) < 4.78 is 0. The van der Waals surface area contributed by atoms with E-state index in [1.807, 2.05) is 30.3 Å². The van der Waals surface area contributed by atoms with E-state index in [1.165, 1.54) is 18.0 Å². The molecule has 0 saturated carbocycles. The number of aromatic nitrogens is 2. The molecule has 2 rings (SSSR count). The summed E-state index contributed by atoms with van der Waals surface area (Å²) in [5.41, 5.74) is 1.07. The van der Waals surface area contributed by atoms with Crippen molar-refractivity contribution in [3.05, 3.63) is 52.8 Å². The highest BCUT2D eigenvalue weighted by molar-refractivity contribution is 7.98. The molecule has 6 nitrogen and oxygen atoms in total. The predicted octanol–water partition coefficient (Wildman–Crippen LogP) is 2.24. The summed E-state index contributed by atoms with van der Waals surface area (Å²) in [6.45, 7) is -0.494. The van der Waals surface area contributed by atoms with Crippen molar-refractivity contribution in [2.45, 2.75) is 10.9 Å². The van der Waals surface area contributed by atoms with Crippen molar-refractivity contribution in [1.82, 2.24) is 15.3 Å². The van der Waals surface area contributed by atoms with Crippen LogP contribution in [0, 0.1) is 0 Å². The van der Waals surface area contributed by atoms with E-state index >= 15 is 0 Å². The summed E-state index contributed by atoms with van der Waals surface area (Å²) in [6, 6.07) is 9.75. The largest absolute Gasteiger partial charge is 0.480 e. The molecule has 1 heterocycles. The lowest BCUT2D eigenvalue weighted by atomic mass is 10.2. The highest BCUT2D eigenvalue weighted by atomic mass is 35.5. The molecule has 114 valence electrons. The van der Waals surface area contributed by atoms with Crippen molar-refractivity contribution in [2.75, 3.05) is 6.54 Å². The van der Waals surface area contributed by atoms with Gasteiger partial charge in [-0.3, -0.25) is 9.59 Å². The number of halogens is 1. The van der Waals surface area contributed by atoms with Crippen LogP contribution in [0.4, 0.5) is 0 Å². The molecule has 2 aromatic rings. The van der Waals surface area contributed by atoms with Gasteiger partial charge in [0.1, 0.15) is 6.54 Å². The van der Waals surface area contributed by atoms with Gasteiger partial charge in [0.2, 0.25) is 0 Å². The highest BCUT2D eigenvalue weighted by Crippen LogP contribution is 2.21. The summed E-state index contributed by atoms with van der Waals surface area (Å²) in [5.74, 6) is -1.13. The van der Waals surface area contributed by atoms with Crippen molar-refractivity contribution in [3.8, 4) is 0 Å². The zero-order chi connectivity index (χ0) is 15.9. The maximum atomic E-state index is 11.8. The van der Waals surface area contributed by atoms with E-state index < -0.39 is 18.4 Å². The van der Waals surface area contributed by atoms with Crippen LogP contribution in [0.2, 0.25) is 5.02 Å². The third-order valence-corrected chi connectivity index (χ3v) is 3.76. The van der Waals surface area contributed by atoms with Crippen molar-refractivity contribution in [1.29, 1.82) is 0 Å². The molecule has 0 unspecified atom stereocenters. The second-order valence-corrected chi connectivity index (χ2v) is 5.55. The van der Waals surface area contributed by atoms with Gasteiger partial charge in [-0.05, 0) is 5.56 Å². The van der Waals surface area contributed by atoms with E-state index in [9.17, 15) is 9.59 Å². The molecule has 2 N–H and O–H groups in total. The van der Waals surface area contributed by atoms with Gasteiger partial charge in [-0.15, -0.1) is 0 Å². The first kappa shape index (κ1) is 16.3. The smallest absolute Gasteiger partial charge is 0.322 e. The van der Waals surface area contributed by atoms with Crippen molar-refractivity contribution < 1.29 is 14.7 Å². The lowest BCUT2D eigenvalue weighted by Crippen LogP contribution is -2.30. The summed E-state index contributed by atoms with van der Waals surface area (Å²) >= 11 is 7.24. The molecule has 0 atom stereocenters. The maximum absolute atomic E-state index is 11.8. The Hall–Kier alpha value is -2.12. The Balaban J connectivity index is 2.06. The Bertz CT molecular complexity index is 682. The van der Waals surface area contributed by atoms with Crippen molar-refractivity contribution in [2.24, 2.45) is 0 Å². The van der Waals surface area contributed by atoms with E-state index in [-0.39, 0.29) is 10.7 Å². The Morgan fingerprint density at radius 2 is 2.00 bits per heavy atom. The second kappa shape index (κ2) is 7.77. The standard InChI is InChI=1S/C14H12ClN3O3S/c15-10-6-17-14(22-8-9-4-2-1-3-5-9)18-12(10)13(21)16-7-11(19)20/h1-6H,7-8H2,(H,16,21)(H,19,20). The number of aliphatic carboxylic acids is 1. The maximum Gasteiger partial charge on any atom is 0.322 e. The van der Waals surface area contributed by atoms with Gasteiger partial charge in [0, 0.05) is 5.75 Å². The van der Waals surface area contributed by atoms with Crippen LogP contribution in [-0.2, 0) is 10.5 Å². The third kappa shape index (κ3) is 4.71. The number of amides is 1. The Morgan fingerprint density at radius 3 is 2.68 bits per heavy atom. The van der Waals surface area contributed by atoms with Crippen molar-refractivity contribution in [3.63, 3.8) is 0 Å². The van der Waals surface area contributed by atoms with Crippen LogP contribution in [0.3, 0.4) is 0 Å². The van der Waals surface area contributed by atoms with E-state index in [2.05, 4.69) is 15.3 Å². The second-order valence-electron chi connectivity index (χ2n) is 4.20. The number of thioether (sulfide) groups is 1. The highest BCUT2D eigenvalue weighted by Gasteiger charge is 2.15. The molecule has 0 fully saturated rings. The summed E-state index contributed by atoms with van der Waals surface area (Å²) in [7, 11) is 0. The molecular formula is C14H12ClN3O3S. The number of carbonyl (C=O) groups is 2. The number of carboxylic acid groups (broad SMARTS) is 1. The zero-order valence-corrected chi connectivity index (χ0v) is 12.9. The van der Waals surface area contributed by atoms with Crippen molar-refractivity contribution >= 4 is 35.2 Å². The number of carbonyl (C=O) groups excluding carboxylic acids is 1. The monoisotopic (exact) mass is 337 g/mol. The van der Waals surface area contributed by atoms with Gasteiger partial charge in [0.25, 0.3) is 5.91 Å². The fraction of sp³-hybridized carbons (Fsp3) is 0.143. The molecule has 0 saturated heterocycles. The predicted molar refractivity (Wildman–Crippen MR) is 83.0 cm³/mol. The first-order valence-corrected chi connectivity index (χ1v) is 7.62. The Labute approximate surface area is 135 Å². The van der Waals surface area contributed by atoms with Gasteiger partial charge >= 0.3 is 5.97 Å². The van der Waals surface area contributed by atoms with Gasteiger partial charge in [-0.25, -0.2) is 9.97 Å². The molecule has 0 spiro atoms. The molecule has 0 aliphatic carbocycles. The summed E-state index contributed by atoms with van der Waals surface area (Å²) in [6.07, 6.45) is 1.33. The van der Waals surface area contributed by atoms with Crippen LogP contribution < -0.4 is 5.32 Å². The average molecular weight is 338 g/mol. The van der Waals surface area contributed by atoms with E-state index in [0.29, 0.717) is 10.9 Å². The third-order valence-electron chi connectivity index (χ3n) is 2.55. The zero-order valence-electron chi connectivity index (χ0n) is 11.3. The SMILES string of the molecule is O=C(O)CNC(=O)c1nc(SCc2ccccc2)ncc1Cl. The number of hydrogen-bond donors (Lipinski definition) is 2. The fourth-order valence-electron chi connectivity index (χ4n) is 1.54. The minimum absolute atomic E-state index is 0.0338. The van der Waals surface area contributed by atoms with Crippen LogP contribution in [0.15, 0.2) is 41.7 Å². The van der Waals surface area contributed by atoms with Gasteiger partial charge in [0.15, 0.2) is 10.9 Å². The van der Waals surface area contributed by atoms with Crippen LogP contribution in [0.5, 0.6) is 0 Å². The molecule has 8 heteroatoms. The minimum Gasteiger partial charge on any atom is -0.480 e. The molecule has 1 aromatic heterocycles. The molecule has 0 aliphatic rings. The number of hydrogen-bond acceptors (Lipinski definition) is 5. The van der Waals surface area contributed by atoms with Crippen LogP contribution in [0.25, 0.3) is 0 Å². The van der Waals surface area contributed by atoms with Crippen LogP contribution in [-0.4, -0.2) is 33.5 Å². The molecule has 1 aromatic carbocycles. The lowest BCUT2D eigenvalue weighted by Gasteiger charge is -2.06. The Kier molecular flexibility index (Phi) is 5.74. The van der Waals surface area contributed by atoms with E-state index in [0.717, 1.165) is 5.56 Å². The average Bonchev–Trinajstić information content (AvgIpc) is 2.52. The van der Waals surface area contributed by atoms with E-state index in [1.54, 1.807) is 0 Å². The number of benzene rings is 1. The summed E-state index contributed by atoms with van der Waals surface area (Å²) in [4.78, 5) is 30.4. The van der Waals surface area contributed by atoms with Gasteiger partial charge in [-0.1, -0.05) is 53.7 Å². The molecule has 22 heavy (non-hydrogen) atoms. The van der Waals surface area contributed by atoms with E-state index in [4.69, 9.17) is 16.7 Å². The Morgan fingerprint density at radius 1 is 1.27 bits per heavy atom. The lowest BCUT2D eigenvalue weighted by molar-refractivity contribution is -0.135. The molecule has 0 aliphatic heterocycles. The van der Waals surface area contributed by atoms with Crippen LogP contribution in [0.1, 0.15) is 16.1 Å². The van der Waals surface area contributed by atoms with Gasteiger partial charge in [0.05, 0.1) is 11.2 Å². The first-order chi connectivity index (χ1) is 10.6. The fourth-order valence-corrected chi connectivity index (χ4v) is 2.49. The number of nitrogens with one attached hydrogen (secondary N) is 1. The quantitative estimate of drug-likeness (QED) is 0.620. The number of rotatable bonds is 6. The molecule has 0 radical (unpaired) electrons. The topological polar surface area (TPSA) is 92.2 Å². The van der Waals surface area contributed by atoms with Gasteiger partial charge in [-0.2, -0.15) is 0 Å². The molecule has 0 bridgehead atoms. The van der Waals surface area contributed by atoms with Crippen LogP contribution >= 0.6 is 23.4 Å². The summed E-state index contributed by atoms with van der Waals surface area (Å²) in [5, 5.41) is 11.2. The first-order valence-electron chi connectivity index (χ1n) is 6.25. The number of carboxylic acids is 1. The molecule has 1 amide bonds. The minimum atomic E-state index is -1.14. The number of nitrogens with zero attached hydrogens (tertiary/aromatic N) is 2.